The normalized spacial score (nSPS) is 10.9. The minimum absolute atomic E-state index is 0.0188. The molecule has 108 valence electrons. The second-order valence-corrected chi connectivity index (χ2v) is 6.00. The van der Waals surface area contributed by atoms with E-state index in [2.05, 4.69) is 18.2 Å². The SMILES string of the molecule is Nc1ccc(C(=O)C=Cc2ccc(-c3ccccc3)s2)cc1. The zero-order chi connectivity index (χ0) is 15.4. The number of allylic oxidation sites excluding steroid dienone is 1. The maximum Gasteiger partial charge on any atom is 0.185 e. The van der Waals surface area contributed by atoms with E-state index in [1.54, 1.807) is 41.7 Å². The highest BCUT2D eigenvalue weighted by molar-refractivity contribution is 7.16. The van der Waals surface area contributed by atoms with Crippen LogP contribution in [-0.4, -0.2) is 5.78 Å². The number of carbonyl (C=O) groups excluding carboxylic acids is 1. The minimum atomic E-state index is -0.0188. The number of hydrogen-bond donors (Lipinski definition) is 1. The monoisotopic (exact) mass is 305 g/mol. The molecule has 0 unspecified atom stereocenters. The van der Waals surface area contributed by atoms with Gasteiger partial charge < -0.3 is 5.73 Å². The first-order valence-corrected chi connectivity index (χ1v) is 7.77. The second-order valence-electron chi connectivity index (χ2n) is 4.89. The van der Waals surface area contributed by atoms with E-state index in [-0.39, 0.29) is 5.78 Å². The fourth-order valence-electron chi connectivity index (χ4n) is 2.10. The fourth-order valence-corrected chi connectivity index (χ4v) is 3.02. The van der Waals surface area contributed by atoms with Crippen LogP contribution in [0.3, 0.4) is 0 Å². The Balaban J connectivity index is 1.75. The molecule has 0 fully saturated rings. The number of nitrogens with two attached hydrogens (primary N) is 1. The van der Waals surface area contributed by atoms with E-state index in [1.165, 1.54) is 10.4 Å². The van der Waals surface area contributed by atoms with Crippen LogP contribution in [0.5, 0.6) is 0 Å². The van der Waals surface area contributed by atoms with Gasteiger partial charge >= 0.3 is 0 Å². The van der Waals surface area contributed by atoms with Crippen molar-refractivity contribution < 1.29 is 4.79 Å². The van der Waals surface area contributed by atoms with Crippen molar-refractivity contribution in [1.29, 1.82) is 0 Å². The van der Waals surface area contributed by atoms with Gasteiger partial charge in [-0.05, 0) is 54.1 Å². The summed E-state index contributed by atoms with van der Waals surface area (Å²) in [4.78, 5) is 14.3. The van der Waals surface area contributed by atoms with Gasteiger partial charge in [0.2, 0.25) is 0 Å². The molecule has 0 spiro atoms. The fraction of sp³-hybridized carbons (Fsp3) is 0. The van der Waals surface area contributed by atoms with Crippen LogP contribution in [0.25, 0.3) is 16.5 Å². The predicted octanol–water partition coefficient (Wildman–Crippen LogP) is 4.89. The molecule has 0 aliphatic heterocycles. The molecular formula is C19H15NOS. The number of hydrogen-bond acceptors (Lipinski definition) is 3. The predicted molar refractivity (Wildman–Crippen MR) is 94.0 cm³/mol. The summed E-state index contributed by atoms with van der Waals surface area (Å²) in [5.74, 6) is -0.0188. The molecule has 3 rings (SSSR count). The molecule has 2 nitrogen and oxygen atoms in total. The van der Waals surface area contributed by atoms with Gasteiger partial charge in [-0.15, -0.1) is 11.3 Å². The van der Waals surface area contributed by atoms with Crippen LogP contribution in [0.2, 0.25) is 0 Å². The molecule has 1 heterocycles. The Morgan fingerprint density at radius 3 is 2.36 bits per heavy atom. The smallest absolute Gasteiger partial charge is 0.185 e. The standard InChI is InChI=1S/C19H15NOS/c20-16-8-6-14(7-9-16)18(21)12-10-17-11-13-19(22-17)15-4-2-1-3-5-15/h1-13H,20H2. The summed E-state index contributed by atoms with van der Waals surface area (Å²) in [6.45, 7) is 0. The van der Waals surface area contributed by atoms with Crippen molar-refractivity contribution in [3.8, 4) is 10.4 Å². The zero-order valence-corrected chi connectivity index (χ0v) is 12.7. The summed E-state index contributed by atoms with van der Waals surface area (Å²) in [5.41, 5.74) is 8.12. The first-order valence-electron chi connectivity index (χ1n) is 6.95. The largest absolute Gasteiger partial charge is 0.399 e. The number of thiophene rings is 1. The van der Waals surface area contributed by atoms with Gasteiger partial charge in [0.15, 0.2) is 5.78 Å². The molecular weight excluding hydrogens is 290 g/mol. The maximum atomic E-state index is 12.1. The van der Waals surface area contributed by atoms with Crippen LogP contribution in [0.15, 0.2) is 72.8 Å². The van der Waals surface area contributed by atoms with Gasteiger partial charge in [0.1, 0.15) is 0 Å². The van der Waals surface area contributed by atoms with Crippen LogP contribution < -0.4 is 5.73 Å². The Bertz CT molecular complexity index is 801. The summed E-state index contributed by atoms with van der Waals surface area (Å²) in [7, 11) is 0. The lowest BCUT2D eigenvalue weighted by molar-refractivity contribution is 0.104. The Kier molecular flexibility index (Phi) is 4.17. The van der Waals surface area contributed by atoms with Gasteiger partial charge in [-0.3, -0.25) is 4.79 Å². The first-order chi connectivity index (χ1) is 10.7. The summed E-state index contributed by atoms with van der Waals surface area (Å²) in [6.07, 6.45) is 3.46. The molecule has 2 N–H and O–H groups in total. The summed E-state index contributed by atoms with van der Waals surface area (Å²) in [6, 6.07) is 21.3. The Morgan fingerprint density at radius 1 is 0.909 bits per heavy atom. The number of carbonyl (C=O) groups is 1. The van der Waals surface area contributed by atoms with E-state index < -0.39 is 0 Å². The second kappa shape index (κ2) is 6.41. The van der Waals surface area contributed by atoms with Crippen molar-refractivity contribution >= 4 is 28.9 Å². The van der Waals surface area contributed by atoms with Crippen molar-refractivity contribution in [3.63, 3.8) is 0 Å². The highest BCUT2D eigenvalue weighted by Crippen LogP contribution is 2.28. The first kappa shape index (κ1) is 14.3. The third kappa shape index (κ3) is 3.32. The van der Waals surface area contributed by atoms with Crippen molar-refractivity contribution in [2.24, 2.45) is 0 Å². The van der Waals surface area contributed by atoms with E-state index in [1.807, 2.05) is 30.3 Å². The van der Waals surface area contributed by atoms with Crippen LogP contribution >= 0.6 is 11.3 Å². The number of anilines is 1. The van der Waals surface area contributed by atoms with Crippen LogP contribution in [0.4, 0.5) is 5.69 Å². The molecule has 0 aliphatic carbocycles. The van der Waals surface area contributed by atoms with E-state index in [0.717, 1.165) is 4.88 Å². The zero-order valence-electron chi connectivity index (χ0n) is 11.9. The number of benzene rings is 2. The molecule has 0 atom stereocenters. The maximum absolute atomic E-state index is 12.1. The van der Waals surface area contributed by atoms with Crippen LogP contribution in [0.1, 0.15) is 15.2 Å². The number of ketones is 1. The quantitative estimate of drug-likeness (QED) is 0.423. The van der Waals surface area contributed by atoms with Gasteiger partial charge in [-0.1, -0.05) is 30.3 Å². The highest BCUT2D eigenvalue weighted by atomic mass is 32.1. The third-order valence-electron chi connectivity index (χ3n) is 3.28. The lowest BCUT2D eigenvalue weighted by Gasteiger charge is -1.96. The van der Waals surface area contributed by atoms with E-state index in [9.17, 15) is 4.79 Å². The minimum Gasteiger partial charge on any atom is -0.399 e. The van der Waals surface area contributed by atoms with Crippen molar-refractivity contribution in [3.05, 3.63) is 83.2 Å². The molecule has 0 saturated carbocycles. The van der Waals surface area contributed by atoms with E-state index in [0.29, 0.717) is 11.3 Å². The molecule has 0 amide bonds. The molecule has 2 aromatic carbocycles. The van der Waals surface area contributed by atoms with Crippen LogP contribution in [0, 0.1) is 0 Å². The Morgan fingerprint density at radius 2 is 1.64 bits per heavy atom. The topological polar surface area (TPSA) is 43.1 Å². The molecule has 3 aromatic rings. The van der Waals surface area contributed by atoms with Crippen molar-refractivity contribution in [1.82, 2.24) is 0 Å². The summed E-state index contributed by atoms with van der Waals surface area (Å²) in [5, 5.41) is 0. The van der Waals surface area contributed by atoms with Gasteiger partial charge in [0, 0.05) is 21.0 Å². The average molecular weight is 305 g/mol. The lowest BCUT2D eigenvalue weighted by Crippen LogP contribution is -1.94. The van der Waals surface area contributed by atoms with Gasteiger partial charge in [0.25, 0.3) is 0 Å². The van der Waals surface area contributed by atoms with Crippen molar-refractivity contribution in [2.45, 2.75) is 0 Å². The molecule has 22 heavy (non-hydrogen) atoms. The number of rotatable bonds is 4. The van der Waals surface area contributed by atoms with E-state index >= 15 is 0 Å². The highest BCUT2D eigenvalue weighted by Gasteiger charge is 2.03. The van der Waals surface area contributed by atoms with Gasteiger partial charge in [-0.25, -0.2) is 0 Å². The van der Waals surface area contributed by atoms with E-state index in [4.69, 9.17) is 5.73 Å². The third-order valence-corrected chi connectivity index (χ3v) is 4.38. The molecule has 1 aromatic heterocycles. The summed E-state index contributed by atoms with van der Waals surface area (Å²) < 4.78 is 0. The van der Waals surface area contributed by atoms with Crippen LogP contribution in [-0.2, 0) is 0 Å². The molecule has 3 heteroatoms. The molecule has 0 bridgehead atoms. The summed E-state index contributed by atoms with van der Waals surface area (Å²) >= 11 is 1.67. The molecule has 0 saturated heterocycles. The van der Waals surface area contributed by atoms with Gasteiger partial charge in [-0.2, -0.15) is 0 Å². The Hall–Kier alpha value is -2.65. The molecule has 0 radical (unpaired) electrons. The number of nitrogen functional groups attached to an aromatic ring is 1. The molecule has 0 aliphatic rings. The Labute approximate surface area is 133 Å². The van der Waals surface area contributed by atoms with Gasteiger partial charge in [0.05, 0.1) is 0 Å². The average Bonchev–Trinajstić information content (AvgIpc) is 3.03. The van der Waals surface area contributed by atoms with Crippen molar-refractivity contribution in [2.75, 3.05) is 5.73 Å². The lowest BCUT2D eigenvalue weighted by atomic mass is 10.1.